The molecule has 2 atom stereocenters. The molecule has 2 amide bonds. The second kappa shape index (κ2) is 6.51. The molecule has 0 radical (unpaired) electrons. The van der Waals surface area contributed by atoms with E-state index in [2.05, 4.69) is 20.8 Å². The minimum absolute atomic E-state index is 0.203. The van der Waals surface area contributed by atoms with E-state index in [1.54, 1.807) is 6.07 Å². The van der Waals surface area contributed by atoms with E-state index in [0.29, 0.717) is 11.4 Å². The van der Waals surface area contributed by atoms with Crippen LogP contribution >= 0.6 is 0 Å². The van der Waals surface area contributed by atoms with Gasteiger partial charge in [-0.05, 0) is 25.5 Å². The van der Waals surface area contributed by atoms with Crippen molar-refractivity contribution in [3.63, 3.8) is 0 Å². The van der Waals surface area contributed by atoms with Crippen LogP contribution in [-0.4, -0.2) is 28.0 Å². The number of rotatable bonds is 3. The molecule has 7 nitrogen and oxygen atoms in total. The van der Waals surface area contributed by atoms with Crippen molar-refractivity contribution >= 4 is 17.7 Å². The Bertz CT molecular complexity index is 856. The summed E-state index contributed by atoms with van der Waals surface area (Å²) in [5.41, 5.74) is 1.18. The fourth-order valence-electron chi connectivity index (χ4n) is 2.76. The third kappa shape index (κ3) is 3.58. The molecule has 3 rings (SSSR count). The van der Waals surface area contributed by atoms with Crippen LogP contribution in [0.25, 0.3) is 0 Å². The highest BCUT2D eigenvalue weighted by Crippen LogP contribution is 2.28. The van der Waals surface area contributed by atoms with E-state index < -0.39 is 23.7 Å². The SMILES string of the molecule is Cc1nc(C2C[C@@H](C(=O)Nc3cc(C(C)(C)C)no3)NC2=O)ccc1F. The van der Waals surface area contributed by atoms with E-state index in [9.17, 15) is 14.0 Å². The van der Waals surface area contributed by atoms with Crippen LogP contribution in [0, 0.1) is 12.7 Å². The van der Waals surface area contributed by atoms with Crippen LogP contribution in [0.1, 0.15) is 50.2 Å². The van der Waals surface area contributed by atoms with E-state index in [1.807, 2.05) is 20.8 Å². The van der Waals surface area contributed by atoms with Gasteiger partial charge in [-0.25, -0.2) is 4.39 Å². The van der Waals surface area contributed by atoms with Gasteiger partial charge in [0.05, 0.1) is 23.0 Å². The number of pyridine rings is 1. The minimum Gasteiger partial charge on any atom is -0.344 e. The van der Waals surface area contributed by atoms with Crippen molar-refractivity contribution in [1.29, 1.82) is 0 Å². The smallest absolute Gasteiger partial charge is 0.249 e. The summed E-state index contributed by atoms with van der Waals surface area (Å²) in [5, 5.41) is 9.21. The van der Waals surface area contributed by atoms with E-state index in [1.165, 1.54) is 19.1 Å². The maximum atomic E-state index is 13.4. The van der Waals surface area contributed by atoms with Crippen molar-refractivity contribution in [2.75, 3.05) is 5.32 Å². The van der Waals surface area contributed by atoms with Gasteiger partial charge in [0.15, 0.2) is 0 Å². The molecule has 2 N–H and O–H groups in total. The molecule has 0 spiro atoms. The van der Waals surface area contributed by atoms with Crippen molar-refractivity contribution in [3.05, 3.63) is 41.1 Å². The first-order valence-electron chi connectivity index (χ1n) is 8.36. The molecular weight excluding hydrogens is 339 g/mol. The lowest BCUT2D eigenvalue weighted by atomic mass is 9.92. The maximum Gasteiger partial charge on any atom is 0.249 e. The largest absolute Gasteiger partial charge is 0.344 e. The molecule has 1 fully saturated rings. The number of amides is 2. The molecule has 3 heterocycles. The average Bonchev–Trinajstić information content (AvgIpc) is 3.16. The van der Waals surface area contributed by atoms with Gasteiger partial charge in [0.1, 0.15) is 11.9 Å². The predicted octanol–water partition coefficient (Wildman–Crippen LogP) is 2.43. The zero-order valence-corrected chi connectivity index (χ0v) is 15.1. The number of nitrogens with one attached hydrogen (secondary N) is 2. The summed E-state index contributed by atoms with van der Waals surface area (Å²) >= 11 is 0. The Morgan fingerprint density at radius 1 is 1.38 bits per heavy atom. The Labute approximate surface area is 150 Å². The van der Waals surface area contributed by atoms with Crippen LogP contribution in [0.15, 0.2) is 22.7 Å². The summed E-state index contributed by atoms with van der Waals surface area (Å²) in [6.07, 6.45) is 0.239. The van der Waals surface area contributed by atoms with E-state index in [0.717, 1.165) is 0 Å². The Hall–Kier alpha value is -2.77. The summed E-state index contributed by atoms with van der Waals surface area (Å²) in [7, 11) is 0. The number of carbonyl (C=O) groups is 2. The van der Waals surface area contributed by atoms with Gasteiger partial charge < -0.3 is 9.84 Å². The van der Waals surface area contributed by atoms with Crippen LogP contribution < -0.4 is 10.6 Å². The van der Waals surface area contributed by atoms with E-state index in [-0.39, 0.29) is 29.3 Å². The van der Waals surface area contributed by atoms with Gasteiger partial charge in [0.2, 0.25) is 17.7 Å². The summed E-state index contributed by atoms with van der Waals surface area (Å²) in [6, 6.07) is 3.69. The van der Waals surface area contributed by atoms with Gasteiger partial charge in [-0.1, -0.05) is 25.9 Å². The van der Waals surface area contributed by atoms with Gasteiger partial charge in [0, 0.05) is 11.5 Å². The van der Waals surface area contributed by atoms with Crippen molar-refractivity contribution in [2.24, 2.45) is 0 Å². The first kappa shape index (κ1) is 18.0. The zero-order valence-electron chi connectivity index (χ0n) is 15.1. The quantitative estimate of drug-likeness (QED) is 0.876. The molecule has 1 aliphatic rings. The first-order valence-corrected chi connectivity index (χ1v) is 8.36. The molecule has 8 heteroatoms. The number of halogens is 1. The fraction of sp³-hybridized carbons (Fsp3) is 0.444. The molecule has 1 unspecified atom stereocenters. The molecule has 0 bridgehead atoms. The van der Waals surface area contributed by atoms with E-state index >= 15 is 0 Å². The highest BCUT2D eigenvalue weighted by Gasteiger charge is 2.38. The Morgan fingerprint density at radius 2 is 2.12 bits per heavy atom. The summed E-state index contributed by atoms with van der Waals surface area (Å²) < 4.78 is 18.5. The summed E-state index contributed by atoms with van der Waals surface area (Å²) in [6.45, 7) is 7.48. The van der Waals surface area contributed by atoms with E-state index in [4.69, 9.17) is 4.52 Å². The van der Waals surface area contributed by atoms with Crippen molar-refractivity contribution in [1.82, 2.24) is 15.5 Å². The second-order valence-electron chi connectivity index (χ2n) is 7.47. The van der Waals surface area contributed by atoms with Crippen LogP contribution in [0.3, 0.4) is 0 Å². The predicted molar refractivity (Wildman–Crippen MR) is 92.1 cm³/mol. The van der Waals surface area contributed by atoms with Gasteiger partial charge in [-0.15, -0.1) is 0 Å². The number of hydrogen-bond donors (Lipinski definition) is 2. The summed E-state index contributed by atoms with van der Waals surface area (Å²) in [4.78, 5) is 28.8. The lowest BCUT2D eigenvalue weighted by Gasteiger charge is -2.12. The molecule has 2 aromatic heterocycles. The molecule has 138 valence electrons. The van der Waals surface area contributed by atoms with Crippen molar-refractivity contribution < 1.29 is 18.5 Å². The standard InChI is InChI=1S/C18H21FN4O3/c1-9-11(19)5-6-12(20-9)10-7-13(21-16(10)24)17(25)22-15-8-14(23-26-15)18(2,3)4/h5-6,8,10,13H,7H2,1-4H3,(H,21,24)(H,22,25)/t10?,13-/m0/s1. The number of nitrogens with zero attached hydrogens (tertiary/aromatic N) is 2. The van der Waals surface area contributed by atoms with Gasteiger partial charge >= 0.3 is 0 Å². The zero-order chi connectivity index (χ0) is 19.1. The molecule has 0 saturated carbocycles. The number of anilines is 1. The Morgan fingerprint density at radius 3 is 2.73 bits per heavy atom. The van der Waals surface area contributed by atoms with Gasteiger partial charge in [-0.2, -0.15) is 0 Å². The van der Waals surface area contributed by atoms with Crippen molar-refractivity contribution in [3.8, 4) is 0 Å². The fourth-order valence-corrected chi connectivity index (χ4v) is 2.76. The number of aryl methyl sites for hydroxylation is 1. The molecule has 26 heavy (non-hydrogen) atoms. The van der Waals surface area contributed by atoms with Crippen LogP contribution in [0.4, 0.5) is 10.3 Å². The first-order chi connectivity index (χ1) is 12.1. The topological polar surface area (TPSA) is 97.1 Å². The molecule has 1 saturated heterocycles. The normalized spacial score (nSPS) is 20.1. The number of hydrogen-bond acceptors (Lipinski definition) is 5. The van der Waals surface area contributed by atoms with Crippen LogP contribution in [0.2, 0.25) is 0 Å². The highest BCUT2D eigenvalue weighted by atomic mass is 19.1. The Balaban J connectivity index is 1.69. The number of carbonyl (C=O) groups excluding carboxylic acids is 2. The molecule has 1 aliphatic heterocycles. The highest BCUT2D eigenvalue weighted by molar-refractivity contribution is 6.00. The molecule has 0 aromatic carbocycles. The van der Waals surface area contributed by atoms with Gasteiger partial charge in [0.25, 0.3) is 0 Å². The third-order valence-electron chi connectivity index (χ3n) is 4.35. The molecule has 0 aliphatic carbocycles. The van der Waals surface area contributed by atoms with Crippen LogP contribution in [-0.2, 0) is 15.0 Å². The lowest BCUT2D eigenvalue weighted by Crippen LogP contribution is -2.37. The Kier molecular flexibility index (Phi) is 4.52. The maximum absolute atomic E-state index is 13.4. The summed E-state index contributed by atoms with van der Waals surface area (Å²) in [5.74, 6) is -1.49. The average molecular weight is 360 g/mol. The number of aromatic nitrogens is 2. The molecule has 2 aromatic rings. The van der Waals surface area contributed by atoms with Crippen LogP contribution in [0.5, 0.6) is 0 Å². The molecular formula is C18H21FN4O3. The third-order valence-corrected chi connectivity index (χ3v) is 4.35. The monoisotopic (exact) mass is 360 g/mol. The van der Waals surface area contributed by atoms with Gasteiger partial charge in [-0.3, -0.25) is 19.9 Å². The van der Waals surface area contributed by atoms with Crippen molar-refractivity contribution in [2.45, 2.75) is 51.5 Å². The lowest BCUT2D eigenvalue weighted by molar-refractivity contribution is -0.123. The minimum atomic E-state index is -0.720. The second-order valence-corrected chi connectivity index (χ2v) is 7.47.